The number of thioether (sulfide) groups is 1. The van der Waals surface area contributed by atoms with Gasteiger partial charge in [0.15, 0.2) is 9.84 Å². The molecule has 0 saturated carbocycles. The van der Waals surface area contributed by atoms with Crippen LogP contribution in [0.1, 0.15) is 24.5 Å². The lowest BCUT2D eigenvalue weighted by molar-refractivity contribution is -0.385. The van der Waals surface area contributed by atoms with Crippen molar-refractivity contribution in [1.82, 2.24) is 10.2 Å². The summed E-state index contributed by atoms with van der Waals surface area (Å²) in [6.45, 7) is 0.977. The number of benzene rings is 2. The smallest absolute Gasteiger partial charge is 0.456 e. The fourth-order valence-corrected chi connectivity index (χ4v) is 7.01. The summed E-state index contributed by atoms with van der Waals surface area (Å²) in [5.74, 6) is -3.36. The van der Waals surface area contributed by atoms with Gasteiger partial charge in [-0.15, -0.1) is 11.8 Å². The Morgan fingerprint density at radius 1 is 0.979 bits per heavy atom. The second-order valence-electron chi connectivity index (χ2n) is 10.8. The van der Waals surface area contributed by atoms with Crippen molar-refractivity contribution >= 4 is 56.9 Å². The summed E-state index contributed by atoms with van der Waals surface area (Å²) in [4.78, 5) is 73.1. The lowest BCUT2D eigenvalue weighted by Gasteiger charge is -2.45. The average molecular weight is 707 g/mol. The molecule has 48 heavy (non-hydrogen) atoms. The minimum atomic E-state index is -3.80. The molecule has 2 aliphatic rings. The van der Waals surface area contributed by atoms with Crippen molar-refractivity contribution in [3.63, 3.8) is 0 Å². The van der Waals surface area contributed by atoms with Gasteiger partial charge in [0.05, 0.1) is 27.6 Å². The molecule has 1 N–H and O–H groups in total. The van der Waals surface area contributed by atoms with Gasteiger partial charge in [0.2, 0.25) is 11.8 Å². The number of β-lactam (4-membered cyclic amide) rings is 1. The Kier molecular flexibility index (Phi) is 11.4. The monoisotopic (exact) mass is 706 g/mol. The number of sulfone groups is 1. The molecule has 19 heteroatoms. The van der Waals surface area contributed by atoms with Crippen molar-refractivity contribution in [2.24, 2.45) is 5.92 Å². The van der Waals surface area contributed by atoms with Gasteiger partial charge in [-0.2, -0.15) is 0 Å². The highest BCUT2D eigenvalue weighted by Gasteiger charge is 2.59. The predicted octanol–water partition coefficient (Wildman–Crippen LogP) is 2.62. The maximum Gasteiger partial charge on any atom is 0.508 e. The minimum Gasteiger partial charge on any atom is -0.456 e. The minimum absolute atomic E-state index is 0.0742. The first kappa shape index (κ1) is 35.8. The molecule has 2 aromatic carbocycles. The quantitative estimate of drug-likeness (QED) is 0.0923. The van der Waals surface area contributed by atoms with E-state index in [2.05, 4.69) is 5.32 Å². The molecule has 1 saturated heterocycles. The first-order valence-corrected chi connectivity index (χ1v) is 17.3. The third kappa shape index (κ3) is 9.06. The molecule has 2 heterocycles. The number of carbonyl (C=O) groups excluding carboxylic acids is 4. The maximum absolute atomic E-state index is 13.5. The predicted molar refractivity (Wildman–Crippen MR) is 168 cm³/mol. The number of esters is 1. The zero-order valence-electron chi connectivity index (χ0n) is 25.6. The van der Waals surface area contributed by atoms with E-state index in [9.17, 15) is 47.8 Å². The number of carbonyl (C=O) groups is 4. The highest BCUT2D eigenvalue weighted by molar-refractivity contribution is 8.03. The number of nitro benzene ring substituents is 2. The fraction of sp³-hybridized carbons (Fsp3) is 0.379. The number of nitro groups is 2. The van der Waals surface area contributed by atoms with Crippen molar-refractivity contribution in [1.29, 1.82) is 0 Å². The fourth-order valence-electron chi connectivity index (χ4n) is 5.08. The number of rotatable bonds is 15. The Bertz CT molecular complexity index is 1740. The number of hydrogen-bond acceptors (Lipinski definition) is 14. The molecule has 3 atom stereocenters. The summed E-state index contributed by atoms with van der Waals surface area (Å²) >= 11 is 1.19. The summed E-state index contributed by atoms with van der Waals surface area (Å²) in [6.07, 6.45) is -1.74. The standard InChI is InChI=1S/C29H30N4O13S2/c1-17(34)30-11-12-47-24-13-22-25(27(35)31(22)26(24)28(36)44-14-18-3-7-20(8-4-18)32(38)39)23(16-48(2,42)43)46-29(37)45-15-19-5-9-21(10-6-19)33(40)41/h3-10,22-23,25H,11-16H2,1-2H3,(H,30,34)/t22-,23+,25-/m1/s1. The Morgan fingerprint density at radius 2 is 1.52 bits per heavy atom. The molecule has 0 aliphatic carbocycles. The molecule has 0 spiro atoms. The van der Waals surface area contributed by atoms with Crippen molar-refractivity contribution < 1.29 is 51.7 Å². The van der Waals surface area contributed by atoms with Crippen molar-refractivity contribution in [2.75, 3.05) is 24.3 Å². The molecule has 4 rings (SSSR count). The highest BCUT2D eigenvalue weighted by Crippen LogP contribution is 2.48. The molecule has 0 bridgehead atoms. The van der Waals surface area contributed by atoms with Crippen LogP contribution < -0.4 is 5.32 Å². The number of amides is 2. The van der Waals surface area contributed by atoms with Crippen LogP contribution in [0.5, 0.6) is 0 Å². The van der Waals surface area contributed by atoms with Crippen LogP contribution in [0, 0.1) is 26.1 Å². The molecule has 0 unspecified atom stereocenters. The summed E-state index contributed by atoms with van der Waals surface area (Å²) in [6, 6.07) is 9.72. The molecule has 1 fully saturated rings. The van der Waals surface area contributed by atoms with Crippen LogP contribution in [0.4, 0.5) is 16.2 Å². The number of fused-ring (bicyclic) bond motifs is 1. The third-order valence-electron chi connectivity index (χ3n) is 7.25. The van der Waals surface area contributed by atoms with Gasteiger partial charge in [0.25, 0.3) is 11.4 Å². The Labute approximate surface area is 277 Å². The maximum atomic E-state index is 13.5. The average Bonchev–Trinajstić information content (AvgIpc) is 3.34. The number of ether oxygens (including phenoxy) is 3. The Hall–Kier alpha value is -5.04. The topological polar surface area (TPSA) is 232 Å². The van der Waals surface area contributed by atoms with Crippen molar-refractivity contribution in [3.05, 3.63) is 90.5 Å². The highest BCUT2D eigenvalue weighted by atomic mass is 32.2. The molecule has 2 amide bonds. The molecule has 0 aromatic heterocycles. The van der Waals surface area contributed by atoms with E-state index in [-0.39, 0.29) is 49.2 Å². The van der Waals surface area contributed by atoms with Crippen LogP contribution >= 0.6 is 11.8 Å². The molecule has 256 valence electrons. The molecule has 17 nitrogen and oxygen atoms in total. The first-order chi connectivity index (χ1) is 22.6. The lowest BCUT2D eigenvalue weighted by atomic mass is 9.83. The van der Waals surface area contributed by atoms with Crippen LogP contribution in [-0.2, 0) is 51.6 Å². The SMILES string of the molecule is CC(=O)NCCSC1=C(C(=O)OCc2ccc([N+](=O)[O-])cc2)N2C(=O)[C@@H]([C@H](CS(C)(=O)=O)OC(=O)OCc3ccc([N+](=O)[O-])cc3)[C@H]2C1. The lowest BCUT2D eigenvalue weighted by Crippen LogP contribution is -2.64. The third-order valence-corrected chi connectivity index (χ3v) is 9.30. The summed E-state index contributed by atoms with van der Waals surface area (Å²) in [5, 5.41) is 24.4. The normalized spacial score (nSPS) is 17.5. The Balaban J connectivity index is 1.48. The first-order valence-electron chi connectivity index (χ1n) is 14.2. The van der Waals surface area contributed by atoms with E-state index in [0.717, 1.165) is 6.26 Å². The summed E-state index contributed by atoms with van der Waals surface area (Å²) < 4.78 is 40.5. The summed E-state index contributed by atoms with van der Waals surface area (Å²) in [5.41, 5.74) is 0.443. The zero-order valence-corrected chi connectivity index (χ0v) is 27.2. The van der Waals surface area contributed by atoms with E-state index in [1.807, 2.05) is 0 Å². The molecule has 0 radical (unpaired) electrons. The molecule has 2 aromatic rings. The van der Waals surface area contributed by atoms with Crippen molar-refractivity contribution in [2.45, 2.75) is 38.7 Å². The number of non-ortho nitro benzene ring substituents is 2. The van der Waals surface area contributed by atoms with Crippen LogP contribution in [0.25, 0.3) is 0 Å². The molecular weight excluding hydrogens is 676 g/mol. The van der Waals surface area contributed by atoms with E-state index in [4.69, 9.17) is 14.2 Å². The van der Waals surface area contributed by atoms with Crippen LogP contribution in [0.2, 0.25) is 0 Å². The van der Waals surface area contributed by atoms with Crippen molar-refractivity contribution in [3.8, 4) is 0 Å². The summed E-state index contributed by atoms with van der Waals surface area (Å²) in [7, 11) is -3.80. The van der Waals surface area contributed by atoms with Gasteiger partial charge in [-0.05, 0) is 35.4 Å². The number of nitrogens with zero attached hydrogens (tertiary/aromatic N) is 3. The van der Waals surface area contributed by atoms with Crippen LogP contribution in [0.15, 0.2) is 59.1 Å². The van der Waals surface area contributed by atoms with Gasteiger partial charge in [-0.25, -0.2) is 18.0 Å². The van der Waals surface area contributed by atoms with Crippen LogP contribution in [0.3, 0.4) is 0 Å². The second kappa shape index (κ2) is 15.2. The van der Waals surface area contributed by atoms with Crippen LogP contribution in [-0.4, -0.2) is 83.6 Å². The van der Waals surface area contributed by atoms with E-state index < -0.39 is 61.5 Å². The van der Waals surface area contributed by atoms with Gasteiger partial charge in [-0.3, -0.25) is 29.8 Å². The van der Waals surface area contributed by atoms with Gasteiger partial charge in [0.1, 0.15) is 25.0 Å². The van der Waals surface area contributed by atoms with Gasteiger partial charge < -0.3 is 24.4 Å². The molecular formula is C29H30N4O13S2. The van der Waals surface area contributed by atoms with Gasteiger partial charge in [-0.1, -0.05) is 0 Å². The number of nitrogens with one attached hydrogen (secondary N) is 1. The van der Waals surface area contributed by atoms with E-state index in [0.29, 0.717) is 21.8 Å². The largest absolute Gasteiger partial charge is 0.508 e. The zero-order chi connectivity index (χ0) is 35.2. The second-order valence-corrected chi connectivity index (χ2v) is 14.2. The van der Waals surface area contributed by atoms with Gasteiger partial charge in [0, 0.05) is 61.1 Å². The number of hydrogen-bond donors (Lipinski definition) is 1. The Morgan fingerprint density at radius 3 is 2.02 bits per heavy atom. The van der Waals surface area contributed by atoms with E-state index >= 15 is 0 Å². The van der Waals surface area contributed by atoms with Gasteiger partial charge >= 0.3 is 12.1 Å². The van der Waals surface area contributed by atoms with E-state index in [1.165, 1.54) is 72.1 Å². The molecule has 2 aliphatic heterocycles. The van der Waals surface area contributed by atoms with E-state index in [1.54, 1.807) is 0 Å².